The van der Waals surface area contributed by atoms with Crippen LogP contribution in [0.15, 0.2) is 30.3 Å². The molecule has 0 saturated heterocycles. The first kappa shape index (κ1) is 16.2. The molecular formula is C15H22N2O3. The molecular weight excluding hydrogens is 256 g/mol. The van der Waals surface area contributed by atoms with Crippen LogP contribution in [0.25, 0.3) is 0 Å². The lowest BCUT2D eigenvalue weighted by molar-refractivity contribution is -0.138. The van der Waals surface area contributed by atoms with Gasteiger partial charge in [0.1, 0.15) is 0 Å². The van der Waals surface area contributed by atoms with Gasteiger partial charge in [-0.25, -0.2) is 0 Å². The third-order valence-electron chi connectivity index (χ3n) is 2.86. The summed E-state index contributed by atoms with van der Waals surface area (Å²) in [7, 11) is 1.70. The van der Waals surface area contributed by atoms with Crippen LogP contribution in [0, 0.1) is 5.92 Å². The maximum atomic E-state index is 12.2. The molecule has 0 aromatic heterocycles. The highest BCUT2D eigenvalue weighted by molar-refractivity contribution is 5.94. The molecule has 0 atom stereocenters. The van der Waals surface area contributed by atoms with E-state index in [1.54, 1.807) is 16.8 Å². The summed E-state index contributed by atoms with van der Waals surface area (Å²) in [6.45, 7) is 4.57. The summed E-state index contributed by atoms with van der Waals surface area (Å²) < 4.78 is 0. The van der Waals surface area contributed by atoms with Gasteiger partial charge in [0.25, 0.3) is 0 Å². The maximum absolute atomic E-state index is 12.2. The number of carboxylic acid groups (broad SMARTS) is 1. The molecule has 0 unspecified atom stereocenters. The van der Waals surface area contributed by atoms with Gasteiger partial charge in [-0.05, 0) is 18.1 Å². The number of carbonyl (C=O) groups excluding carboxylic acids is 1. The Morgan fingerprint density at radius 2 is 1.75 bits per heavy atom. The Bertz CT molecular complexity index is 446. The van der Waals surface area contributed by atoms with Crippen molar-refractivity contribution in [2.75, 3.05) is 31.6 Å². The standard InChI is InChI=1S/C15H22N2O3/c1-12(2)9-17(11-15(19)20)10-14(18)16(3)13-7-5-4-6-8-13/h4-8,12H,9-11H2,1-3H3,(H,19,20). The van der Waals surface area contributed by atoms with Crippen LogP contribution in [-0.2, 0) is 9.59 Å². The lowest BCUT2D eigenvalue weighted by Crippen LogP contribution is -2.42. The zero-order valence-corrected chi connectivity index (χ0v) is 12.2. The molecule has 5 heteroatoms. The quantitative estimate of drug-likeness (QED) is 0.824. The average Bonchev–Trinajstić information content (AvgIpc) is 2.37. The van der Waals surface area contributed by atoms with Gasteiger partial charge in [-0.1, -0.05) is 32.0 Å². The highest BCUT2D eigenvalue weighted by atomic mass is 16.4. The number of hydrogen-bond donors (Lipinski definition) is 1. The molecule has 0 spiro atoms. The van der Waals surface area contributed by atoms with Gasteiger partial charge in [0.15, 0.2) is 0 Å². The minimum atomic E-state index is -0.916. The van der Waals surface area contributed by atoms with Crippen LogP contribution in [0.3, 0.4) is 0 Å². The van der Waals surface area contributed by atoms with Gasteiger partial charge in [-0.3, -0.25) is 14.5 Å². The molecule has 0 aliphatic heterocycles. The Labute approximate surface area is 119 Å². The minimum Gasteiger partial charge on any atom is -0.480 e. The van der Waals surface area contributed by atoms with E-state index >= 15 is 0 Å². The molecule has 1 aromatic carbocycles. The molecule has 0 fully saturated rings. The first-order valence-electron chi connectivity index (χ1n) is 6.66. The Balaban J connectivity index is 2.67. The van der Waals surface area contributed by atoms with Crippen molar-refractivity contribution in [2.24, 2.45) is 5.92 Å². The first-order valence-corrected chi connectivity index (χ1v) is 6.66. The second-order valence-electron chi connectivity index (χ2n) is 5.25. The lowest BCUT2D eigenvalue weighted by atomic mass is 10.2. The maximum Gasteiger partial charge on any atom is 0.317 e. The molecule has 0 bridgehead atoms. The van der Waals surface area contributed by atoms with Gasteiger partial charge in [0.05, 0.1) is 13.1 Å². The van der Waals surface area contributed by atoms with E-state index in [-0.39, 0.29) is 19.0 Å². The zero-order chi connectivity index (χ0) is 15.1. The largest absolute Gasteiger partial charge is 0.480 e. The van der Waals surface area contributed by atoms with E-state index in [9.17, 15) is 9.59 Å². The summed E-state index contributed by atoms with van der Waals surface area (Å²) in [5, 5.41) is 8.90. The zero-order valence-electron chi connectivity index (χ0n) is 12.2. The van der Waals surface area contributed by atoms with Crippen LogP contribution >= 0.6 is 0 Å². The first-order chi connectivity index (χ1) is 9.40. The van der Waals surface area contributed by atoms with Crippen molar-refractivity contribution >= 4 is 17.6 Å². The molecule has 0 heterocycles. The van der Waals surface area contributed by atoms with Gasteiger partial charge < -0.3 is 10.0 Å². The number of carbonyl (C=O) groups is 2. The smallest absolute Gasteiger partial charge is 0.317 e. The number of carboxylic acids is 1. The molecule has 1 rings (SSSR count). The van der Waals surface area contributed by atoms with Gasteiger partial charge in [0.2, 0.25) is 5.91 Å². The fourth-order valence-corrected chi connectivity index (χ4v) is 1.99. The van der Waals surface area contributed by atoms with Crippen LogP contribution in [-0.4, -0.2) is 48.6 Å². The van der Waals surface area contributed by atoms with Crippen molar-refractivity contribution in [3.63, 3.8) is 0 Å². The second-order valence-corrected chi connectivity index (χ2v) is 5.25. The number of amides is 1. The van der Waals surface area contributed by atoms with Crippen LogP contribution in [0.2, 0.25) is 0 Å². The number of anilines is 1. The van der Waals surface area contributed by atoms with E-state index in [0.717, 1.165) is 5.69 Å². The SMILES string of the molecule is CC(C)CN(CC(=O)O)CC(=O)N(C)c1ccccc1. The lowest BCUT2D eigenvalue weighted by Gasteiger charge is -2.25. The third-order valence-corrected chi connectivity index (χ3v) is 2.86. The van der Waals surface area contributed by atoms with Crippen molar-refractivity contribution < 1.29 is 14.7 Å². The van der Waals surface area contributed by atoms with E-state index in [1.165, 1.54) is 0 Å². The van der Waals surface area contributed by atoms with Crippen LogP contribution in [0.1, 0.15) is 13.8 Å². The fraction of sp³-hybridized carbons (Fsp3) is 0.467. The third kappa shape index (κ3) is 5.40. The van der Waals surface area contributed by atoms with Crippen LogP contribution in [0.4, 0.5) is 5.69 Å². The summed E-state index contributed by atoms with van der Waals surface area (Å²) >= 11 is 0. The summed E-state index contributed by atoms with van der Waals surface area (Å²) in [5.74, 6) is -0.719. The summed E-state index contributed by atoms with van der Waals surface area (Å²) in [4.78, 5) is 26.3. The Kier molecular flexibility index (Phi) is 6.18. The van der Waals surface area contributed by atoms with E-state index in [1.807, 2.05) is 44.2 Å². The molecule has 5 nitrogen and oxygen atoms in total. The molecule has 0 aliphatic rings. The van der Waals surface area contributed by atoms with Gasteiger partial charge in [-0.2, -0.15) is 0 Å². The second kappa shape index (κ2) is 7.65. The summed E-state index contributed by atoms with van der Waals surface area (Å²) in [6, 6.07) is 9.31. The normalized spacial score (nSPS) is 10.8. The van der Waals surface area contributed by atoms with Gasteiger partial charge in [-0.15, -0.1) is 0 Å². The number of aliphatic carboxylic acids is 1. The summed E-state index contributed by atoms with van der Waals surface area (Å²) in [5.41, 5.74) is 0.803. The van der Waals surface area contributed by atoms with Gasteiger partial charge in [0, 0.05) is 19.3 Å². The molecule has 110 valence electrons. The Morgan fingerprint density at radius 1 is 1.15 bits per heavy atom. The number of para-hydroxylation sites is 1. The summed E-state index contributed by atoms with van der Waals surface area (Å²) in [6.07, 6.45) is 0. The van der Waals surface area contributed by atoms with Crippen LogP contribution in [0.5, 0.6) is 0 Å². The van der Waals surface area contributed by atoms with Crippen LogP contribution < -0.4 is 4.90 Å². The van der Waals surface area contributed by atoms with E-state index in [0.29, 0.717) is 12.5 Å². The number of benzene rings is 1. The molecule has 0 aliphatic carbocycles. The van der Waals surface area contributed by atoms with Crippen molar-refractivity contribution in [2.45, 2.75) is 13.8 Å². The van der Waals surface area contributed by atoms with Crippen molar-refractivity contribution in [3.05, 3.63) is 30.3 Å². The van der Waals surface area contributed by atoms with Crippen molar-refractivity contribution in [1.29, 1.82) is 0 Å². The molecule has 20 heavy (non-hydrogen) atoms. The fourth-order valence-electron chi connectivity index (χ4n) is 1.99. The molecule has 1 amide bonds. The van der Waals surface area contributed by atoms with Crippen molar-refractivity contribution in [3.8, 4) is 0 Å². The Morgan fingerprint density at radius 3 is 2.25 bits per heavy atom. The highest BCUT2D eigenvalue weighted by Gasteiger charge is 2.18. The molecule has 1 N–H and O–H groups in total. The molecule has 0 radical (unpaired) electrons. The number of rotatable bonds is 7. The topological polar surface area (TPSA) is 60.9 Å². The van der Waals surface area contributed by atoms with Crippen molar-refractivity contribution in [1.82, 2.24) is 4.90 Å². The van der Waals surface area contributed by atoms with E-state index < -0.39 is 5.97 Å². The monoisotopic (exact) mass is 278 g/mol. The van der Waals surface area contributed by atoms with E-state index in [2.05, 4.69) is 0 Å². The number of nitrogens with zero attached hydrogens (tertiary/aromatic N) is 2. The average molecular weight is 278 g/mol. The molecule has 1 aromatic rings. The Hall–Kier alpha value is -1.88. The van der Waals surface area contributed by atoms with Gasteiger partial charge >= 0.3 is 5.97 Å². The number of likely N-dealkylation sites (N-methyl/N-ethyl adjacent to an activating group) is 1. The minimum absolute atomic E-state index is 0.107. The molecule has 0 saturated carbocycles. The predicted molar refractivity (Wildman–Crippen MR) is 78.8 cm³/mol. The predicted octanol–water partition coefficient (Wildman–Crippen LogP) is 1.69. The van der Waals surface area contributed by atoms with E-state index in [4.69, 9.17) is 5.11 Å². The highest BCUT2D eigenvalue weighted by Crippen LogP contribution is 2.11. The number of hydrogen-bond acceptors (Lipinski definition) is 3.